The average molecular weight is 393 g/mol. The highest BCUT2D eigenvalue weighted by Crippen LogP contribution is 2.33. The molecule has 0 unspecified atom stereocenters. The molecule has 28 heavy (non-hydrogen) atoms. The van der Waals surface area contributed by atoms with E-state index in [0.717, 1.165) is 11.3 Å². The second-order valence-electron chi connectivity index (χ2n) is 8.43. The SMILES string of the molecule is COCCn1nc2c(c1C(=O)N1CCN(C(C)=O)C(C)(C)C1)C[C@H](C)O[C@@H]2C. The molecule has 8 nitrogen and oxygen atoms in total. The standard InChI is InChI=1S/C20H32N4O4/c1-13-11-16-17(14(2)28-13)21-24(9-10-27-6)18(16)19(26)22-7-8-23(15(3)25)20(4,5)12-22/h13-14H,7-12H2,1-6H3/t13-,14+/m0/s1. The van der Waals surface area contributed by atoms with E-state index in [1.807, 2.05) is 37.5 Å². The third kappa shape index (κ3) is 3.80. The number of carbonyl (C=O) groups is 2. The monoisotopic (exact) mass is 392 g/mol. The predicted molar refractivity (Wildman–Crippen MR) is 104 cm³/mol. The molecule has 3 rings (SSSR count). The molecule has 1 aromatic heterocycles. The van der Waals surface area contributed by atoms with Gasteiger partial charge in [-0.2, -0.15) is 5.10 Å². The minimum Gasteiger partial charge on any atom is -0.383 e. The lowest BCUT2D eigenvalue weighted by atomic mass is 9.96. The number of amides is 2. The van der Waals surface area contributed by atoms with Crippen LogP contribution < -0.4 is 0 Å². The minimum absolute atomic E-state index is 0.0255. The van der Waals surface area contributed by atoms with Crippen molar-refractivity contribution in [3.63, 3.8) is 0 Å². The van der Waals surface area contributed by atoms with E-state index >= 15 is 0 Å². The molecule has 0 aromatic carbocycles. The Labute approximate surface area is 166 Å². The molecule has 8 heteroatoms. The smallest absolute Gasteiger partial charge is 0.272 e. The van der Waals surface area contributed by atoms with Crippen LogP contribution in [0.1, 0.15) is 62.5 Å². The molecule has 2 atom stereocenters. The Morgan fingerprint density at radius 3 is 2.61 bits per heavy atom. The molecular weight excluding hydrogens is 360 g/mol. The van der Waals surface area contributed by atoms with Gasteiger partial charge in [-0.1, -0.05) is 0 Å². The van der Waals surface area contributed by atoms with Crippen molar-refractivity contribution in [1.29, 1.82) is 0 Å². The summed E-state index contributed by atoms with van der Waals surface area (Å²) in [5.41, 5.74) is 2.07. The second kappa shape index (κ2) is 7.83. The van der Waals surface area contributed by atoms with E-state index in [4.69, 9.17) is 14.6 Å². The van der Waals surface area contributed by atoms with Gasteiger partial charge >= 0.3 is 0 Å². The van der Waals surface area contributed by atoms with E-state index in [0.29, 0.717) is 44.9 Å². The van der Waals surface area contributed by atoms with Gasteiger partial charge in [-0.05, 0) is 27.7 Å². The van der Waals surface area contributed by atoms with E-state index in [1.54, 1.807) is 18.7 Å². The van der Waals surface area contributed by atoms with Gasteiger partial charge in [0, 0.05) is 45.7 Å². The molecule has 1 saturated heterocycles. The van der Waals surface area contributed by atoms with Gasteiger partial charge in [0.15, 0.2) is 0 Å². The molecule has 0 spiro atoms. The minimum atomic E-state index is -0.402. The number of ether oxygens (including phenoxy) is 2. The lowest BCUT2D eigenvalue weighted by molar-refractivity contribution is -0.137. The molecule has 2 aliphatic rings. The Balaban J connectivity index is 1.94. The summed E-state index contributed by atoms with van der Waals surface area (Å²) in [6.45, 7) is 12.1. The van der Waals surface area contributed by atoms with Gasteiger partial charge < -0.3 is 19.3 Å². The van der Waals surface area contributed by atoms with Gasteiger partial charge in [-0.15, -0.1) is 0 Å². The normalized spacial score (nSPS) is 24.2. The van der Waals surface area contributed by atoms with E-state index in [9.17, 15) is 9.59 Å². The summed E-state index contributed by atoms with van der Waals surface area (Å²) >= 11 is 0. The largest absolute Gasteiger partial charge is 0.383 e. The number of fused-ring (bicyclic) bond motifs is 1. The highest BCUT2D eigenvalue weighted by molar-refractivity contribution is 5.95. The molecule has 2 amide bonds. The summed E-state index contributed by atoms with van der Waals surface area (Å²) in [6.07, 6.45) is 0.574. The maximum atomic E-state index is 13.6. The first kappa shape index (κ1) is 20.8. The first-order chi connectivity index (χ1) is 13.2. The van der Waals surface area contributed by atoms with Crippen molar-refractivity contribution in [2.75, 3.05) is 33.4 Å². The zero-order chi connectivity index (χ0) is 20.6. The van der Waals surface area contributed by atoms with Crippen LogP contribution in [0, 0.1) is 0 Å². The first-order valence-corrected chi connectivity index (χ1v) is 9.97. The Morgan fingerprint density at radius 1 is 1.29 bits per heavy atom. The lowest BCUT2D eigenvalue weighted by Crippen LogP contribution is -2.61. The average Bonchev–Trinajstić information content (AvgIpc) is 2.96. The van der Waals surface area contributed by atoms with Crippen LogP contribution >= 0.6 is 0 Å². The van der Waals surface area contributed by atoms with E-state index in [-0.39, 0.29) is 24.0 Å². The van der Waals surface area contributed by atoms with Crippen molar-refractivity contribution in [3.8, 4) is 0 Å². The zero-order valence-corrected chi connectivity index (χ0v) is 17.8. The van der Waals surface area contributed by atoms with E-state index < -0.39 is 5.54 Å². The molecule has 0 radical (unpaired) electrons. The Hall–Kier alpha value is -1.93. The molecule has 1 aromatic rings. The summed E-state index contributed by atoms with van der Waals surface area (Å²) in [4.78, 5) is 29.2. The quantitative estimate of drug-likeness (QED) is 0.778. The van der Waals surface area contributed by atoms with Crippen molar-refractivity contribution in [2.24, 2.45) is 0 Å². The molecule has 3 heterocycles. The fourth-order valence-corrected chi connectivity index (χ4v) is 4.43. The highest BCUT2D eigenvalue weighted by atomic mass is 16.5. The summed E-state index contributed by atoms with van der Waals surface area (Å²) in [7, 11) is 1.64. The van der Waals surface area contributed by atoms with Gasteiger partial charge in [-0.3, -0.25) is 14.3 Å². The van der Waals surface area contributed by atoms with Crippen LogP contribution in [0.4, 0.5) is 0 Å². The van der Waals surface area contributed by atoms with Crippen molar-refractivity contribution >= 4 is 11.8 Å². The second-order valence-corrected chi connectivity index (χ2v) is 8.43. The summed E-state index contributed by atoms with van der Waals surface area (Å²) in [5.74, 6) is 0.0156. The molecule has 2 aliphatic heterocycles. The van der Waals surface area contributed by atoms with Crippen molar-refractivity contribution in [2.45, 2.75) is 65.3 Å². The molecule has 1 fully saturated rings. The number of rotatable bonds is 4. The number of nitrogens with zero attached hydrogens (tertiary/aromatic N) is 4. The van der Waals surface area contributed by atoms with Gasteiger partial charge in [0.25, 0.3) is 5.91 Å². The Kier molecular flexibility index (Phi) is 5.82. The topological polar surface area (TPSA) is 76.9 Å². The molecule has 156 valence electrons. The number of piperazine rings is 1. The van der Waals surface area contributed by atoms with Crippen LogP contribution in [0.2, 0.25) is 0 Å². The van der Waals surface area contributed by atoms with Crippen molar-refractivity contribution in [1.82, 2.24) is 19.6 Å². The first-order valence-electron chi connectivity index (χ1n) is 9.97. The Morgan fingerprint density at radius 2 is 2.00 bits per heavy atom. The maximum Gasteiger partial charge on any atom is 0.272 e. The van der Waals surface area contributed by atoms with Gasteiger partial charge in [0.05, 0.1) is 36.6 Å². The van der Waals surface area contributed by atoms with Crippen LogP contribution in [-0.4, -0.2) is 76.4 Å². The number of hydrogen-bond donors (Lipinski definition) is 0. The van der Waals surface area contributed by atoms with Crippen molar-refractivity contribution in [3.05, 3.63) is 17.0 Å². The molecule has 0 saturated carbocycles. The van der Waals surface area contributed by atoms with Crippen LogP contribution in [0.5, 0.6) is 0 Å². The van der Waals surface area contributed by atoms with Crippen LogP contribution in [-0.2, 0) is 27.2 Å². The van der Waals surface area contributed by atoms with E-state index in [1.165, 1.54) is 0 Å². The van der Waals surface area contributed by atoms with Crippen LogP contribution in [0.15, 0.2) is 0 Å². The third-order valence-electron chi connectivity index (χ3n) is 5.67. The Bertz CT molecular complexity index is 758. The van der Waals surface area contributed by atoms with E-state index in [2.05, 4.69) is 0 Å². The van der Waals surface area contributed by atoms with Crippen LogP contribution in [0.3, 0.4) is 0 Å². The lowest BCUT2D eigenvalue weighted by Gasteiger charge is -2.46. The number of methoxy groups -OCH3 is 1. The summed E-state index contributed by atoms with van der Waals surface area (Å²) < 4.78 is 12.9. The highest BCUT2D eigenvalue weighted by Gasteiger charge is 2.40. The molecule has 0 bridgehead atoms. The maximum absolute atomic E-state index is 13.6. The number of hydrogen-bond acceptors (Lipinski definition) is 5. The number of aromatic nitrogens is 2. The summed E-state index contributed by atoms with van der Waals surface area (Å²) in [5, 5.41) is 4.70. The summed E-state index contributed by atoms with van der Waals surface area (Å²) in [6, 6.07) is 0. The van der Waals surface area contributed by atoms with Gasteiger partial charge in [0.2, 0.25) is 5.91 Å². The fourth-order valence-electron chi connectivity index (χ4n) is 4.43. The molecule has 0 aliphatic carbocycles. The molecular formula is C20H32N4O4. The predicted octanol–water partition coefficient (Wildman–Crippen LogP) is 1.63. The third-order valence-corrected chi connectivity index (χ3v) is 5.67. The number of carbonyl (C=O) groups excluding carboxylic acids is 2. The van der Waals surface area contributed by atoms with Gasteiger partial charge in [0.1, 0.15) is 5.69 Å². The fraction of sp³-hybridized carbons (Fsp3) is 0.750. The van der Waals surface area contributed by atoms with Gasteiger partial charge in [-0.25, -0.2) is 0 Å². The van der Waals surface area contributed by atoms with Crippen molar-refractivity contribution < 1.29 is 19.1 Å². The van der Waals surface area contributed by atoms with Crippen LogP contribution in [0.25, 0.3) is 0 Å². The molecule has 0 N–H and O–H groups in total. The zero-order valence-electron chi connectivity index (χ0n) is 17.8.